The molecule has 0 fully saturated rings. The number of hydrogen-bond acceptors (Lipinski definition) is 6. The monoisotopic (exact) mass is 450 g/mol. The maximum atomic E-state index is 12.8. The zero-order valence-electron chi connectivity index (χ0n) is 18.0. The molecule has 1 aliphatic heterocycles. The lowest BCUT2D eigenvalue weighted by Gasteiger charge is -2.20. The van der Waals surface area contributed by atoms with Crippen LogP contribution >= 0.6 is 11.3 Å². The van der Waals surface area contributed by atoms with Gasteiger partial charge in [0.15, 0.2) is 5.13 Å². The first-order valence-electron chi connectivity index (χ1n) is 10.4. The van der Waals surface area contributed by atoms with E-state index in [9.17, 15) is 9.59 Å². The minimum absolute atomic E-state index is 0.220. The van der Waals surface area contributed by atoms with E-state index in [4.69, 9.17) is 5.73 Å². The number of benzene rings is 2. The van der Waals surface area contributed by atoms with Gasteiger partial charge in [-0.15, -0.1) is 11.3 Å². The number of nitrogen functional groups attached to an aromatic ring is 1. The van der Waals surface area contributed by atoms with Crippen molar-refractivity contribution in [3.8, 4) is 0 Å². The van der Waals surface area contributed by atoms with Gasteiger partial charge in [-0.3, -0.25) is 10.1 Å². The van der Waals surface area contributed by atoms with Gasteiger partial charge in [0, 0.05) is 41.3 Å². The fraction of sp³-hybridized carbons (Fsp3) is 0.261. The SMILES string of the molecule is C[C@H](NC(=O)Nc1cccc(N)c1)c1cccc(C(=O)Nc2nc3c(s2)CN(C)CC3)c1. The summed E-state index contributed by atoms with van der Waals surface area (Å²) in [4.78, 5) is 33.2. The number of fused-ring (bicyclic) bond motifs is 1. The molecule has 32 heavy (non-hydrogen) atoms. The molecule has 3 amide bonds. The third-order valence-electron chi connectivity index (χ3n) is 5.28. The quantitative estimate of drug-likeness (QED) is 0.441. The van der Waals surface area contributed by atoms with Crippen LogP contribution in [0, 0.1) is 0 Å². The number of rotatable bonds is 5. The van der Waals surface area contributed by atoms with Crippen LogP contribution in [-0.4, -0.2) is 35.4 Å². The van der Waals surface area contributed by atoms with Gasteiger partial charge < -0.3 is 21.3 Å². The van der Waals surface area contributed by atoms with Gasteiger partial charge >= 0.3 is 6.03 Å². The van der Waals surface area contributed by atoms with Gasteiger partial charge in [0.05, 0.1) is 11.7 Å². The van der Waals surface area contributed by atoms with Crippen molar-refractivity contribution in [2.24, 2.45) is 0 Å². The standard InChI is InChI=1S/C23H26N6O2S/c1-14(25-22(31)26-18-8-4-7-17(24)12-18)15-5-3-6-16(11-15)21(30)28-23-27-19-9-10-29(2)13-20(19)32-23/h3-8,11-12,14H,9-10,13,24H2,1-2H3,(H2,25,26,31)(H,27,28,30)/t14-/m0/s1. The van der Waals surface area contributed by atoms with Crippen LogP contribution in [0.15, 0.2) is 48.5 Å². The number of anilines is 3. The molecule has 4 rings (SSSR count). The second-order valence-electron chi connectivity index (χ2n) is 7.90. The fourth-order valence-corrected chi connectivity index (χ4v) is 4.64. The summed E-state index contributed by atoms with van der Waals surface area (Å²) < 4.78 is 0. The van der Waals surface area contributed by atoms with E-state index in [-0.39, 0.29) is 18.0 Å². The molecule has 166 valence electrons. The van der Waals surface area contributed by atoms with Crippen LogP contribution in [-0.2, 0) is 13.0 Å². The highest BCUT2D eigenvalue weighted by Gasteiger charge is 2.20. The molecule has 0 saturated carbocycles. The normalized spacial score (nSPS) is 14.3. The average Bonchev–Trinajstić information content (AvgIpc) is 3.15. The summed E-state index contributed by atoms with van der Waals surface area (Å²) in [7, 11) is 2.08. The van der Waals surface area contributed by atoms with Gasteiger partial charge in [0.1, 0.15) is 0 Å². The highest BCUT2D eigenvalue weighted by molar-refractivity contribution is 7.15. The molecule has 0 radical (unpaired) electrons. The van der Waals surface area contributed by atoms with Gasteiger partial charge in [-0.2, -0.15) is 0 Å². The maximum Gasteiger partial charge on any atom is 0.319 e. The number of likely N-dealkylation sites (N-methyl/N-ethyl adjacent to an activating group) is 1. The van der Waals surface area contributed by atoms with Crippen molar-refractivity contribution in [1.29, 1.82) is 0 Å². The molecular formula is C23H26N6O2S. The van der Waals surface area contributed by atoms with Crippen LogP contribution in [0.5, 0.6) is 0 Å². The lowest BCUT2D eigenvalue weighted by Crippen LogP contribution is -2.31. The van der Waals surface area contributed by atoms with Gasteiger partial charge in [0.2, 0.25) is 0 Å². The summed E-state index contributed by atoms with van der Waals surface area (Å²) in [5.74, 6) is -0.220. The lowest BCUT2D eigenvalue weighted by atomic mass is 10.0. The molecule has 1 atom stereocenters. The van der Waals surface area contributed by atoms with Crippen LogP contribution < -0.4 is 21.7 Å². The second-order valence-corrected chi connectivity index (χ2v) is 8.99. The van der Waals surface area contributed by atoms with E-state index in [2.05, 4.69) is 32.9 Å². The van der Waals surface area contributed by atoms with E-state index < -0.39 is 0 Å². The summed E-state index contributed by atoms with van der Waals surface area (Å²) in [5, 5.41) is 9.17. The van der Waals surface area contributed by atoms with E-state index in [0.717, 1.165) is 30.8 Å². The molecule has 0 spiro atoms. The molecule has 0 aliphatic carbocycles. The highest BCUT2D eigenvalue weighted by Crippen LogP contribution is 2.28. The first-order chi connectivity index (χ1) is 15.4. The third-order valence-corrected chi connectivity index (χ3v) is 6.28. The van der Waals surface area contributed by atoms with Crippen molar-refractivity contribution in [3.63, 3.8) is 0 Å². The number of hydrogen-bond donors (Lipinski definition) is 4. The Bertz CT molecular complexity index is 1150. The van der Waals surface area contributed by atoms with Crippen molar-refractivity contribution in [1.82, 2.24) is 15.2 Å². The van der Waals surface area contributed by atoms with Gasteiger partial charge in [-0.1, -0.05) is 18.2 Å². The molecule has 8 nitrogen and oxygen atoms in total. The largest absolute Gasteiger partial charge is 0.399 e. The molecule has 0 bridgehead atoms. The minimum atomic E-state index is -0.351. The Kier molecular flexibility index (Phi) is 6.38. The number of nitrogens with one attached hydrogen (secondary N) is 3. The molecule has 0 unspecified atom stereocenters. The smallest absolute Gasteiger partial charge is 0.319 e. The topological polar surface area (TPSA) is 112 Å². The van der Waals surface area contributed by atoms with Crippen LogP contribution in [0.4, 0.5) is 21.3 Å². The van der Waals surface area contributed by atoms with Gasteiger partial charge in [-0.25, -0.2) is 9.78 Å². The Labute approximate surface area is 190 Å². The fourth-order valence-electron chi connectivity index (χ4n) is 3.56. The average molecular weight is 451 g/mol. The molecule has 5 N–H and O–H groups in total. The Morgan fingerprint density at radius 3 is 2.78 bits per heavy atom. The highest BCUT2D eigenvalue weighted by atomic mass is 32.1. The van der Waals surface area contributed by atoms with Crippen molar-refractivity contribution in [3.05, 3.63) is 70.2 Å². The van der Waals surface area contributed by atoms with E-state index in [0.29, 0.717) is 22.1 Å². The van der Waals surface area contributed by atoms with Crippen molar-refractivity contribution < 1.29 is 9.59 Å². The minimum Gasteiger partial charge on any atom is -0.399 e. The molecule has 9 heteroatoms. The summed E-state index contributed by atoms with van der Waals surface area (Å²) in [6.45, 7) is 3.70. The predicted octanol–water partition coefficient (Wildman–Crippen LogP) is 3.85. The number of carbonyl (C=O) groups is 2. The predicted molar refractivity (Wildman–Crippen MR) is 128 cm³/mol. The van der Waals surface area contributed by atoms with Crippen LogP contribution in [0.3, 0.4) is 0 Å². The third kappa shape index (κ3) is 5.24. The first-order valence-corrected chi connectivity index (χ1v) is 11.2. The Balaban J connectivity index is 1.39. The summed E-state index contributed by atoms with van der Waals surface area (Å²) in [6.07, 6.45) is 0.897. The van der Waals surface area contributed by atoms with Crippen LogP contribution in [0.1, 0.15) is 39.5 Å². The van der Waals surface area contributed by atoms with Crippen molar-refractivity contribution in [2.75, 3.05) is 30.0 Å². The number of thiazole rings is 1. The Hall–Kier alpha value is -3.43. The first kappa shape index (κ1) is 21.8. The Morgan fingerprint density at radius 2 is 1.97 bits per heavy atom. The Morgan fingerprint density at radius 1 is 1.16 bits per heavy atom. The second kappa shape index (κ2) is 9.37. The summed E-state index contributed by atoms with van der Waals surface area (Å²) in [6, 6.07) is 13.5. The van der Waals surface area contributed by atoms with Crippen molar-refractivity contribution in [2.45, 2.75) is 25.9 Å². The molecule has 3 aromatic rings. The lowest BCUT2D eigenvalue weighted by molar-refractivity contribution is 0.102. The number of aromatic nitrogens is 1. The number of amides is 3. The van der Waals surface area contributed by atoms with Gasteiger partial charge in [-0.05, 0) is 49.9 Å². The molecule has 2 heterocycles. The molecule has 1 aliphatic rings. The zero-order chi connectivity index (χ0) is 22.7. The number of carbonyl (C=O) groups excluding carboxylic acids is 2. The van der Waals surface area contributed by atoms with Crippen LogP contribution in [0.25, 0.3) is 0 Å². The number of nitrogens with zero attached hydrogens (tertiary/aromatic N) is 2. The molecule has 0 saturated heterocycles. The van der Waals surface area contributed by atoms with Crippen molar-refractivity contribution >= 4 is 39.8 Å². The summed E-state index contributed by atoms with van der Waals surface area (Å²) in [5.41, 5.74) is 9.33. The van der Waals surface area contributed by atoms with E-state index >= 15 is 0 Å². The van der Waals surface area contributed by atoms with E-state index in [1.807, 2.05) is 13.0 Å². The number of urea groups is 1. The summed E-state index contributed by atoms with van der Waals surface area (Å²) >= 11 is 1.52. The zero-order valence-corrected chi connectivity index (χ0v) is 18.8. The molecular weight excluding hydrogens is 424 g/mol. The van der Waals surface area contributed by atoms with Gasteiger partial charge in [0.25, 0.3) is 5.91 Å². The maximum absolute atomic E-state index is 12.8. The van der Waals surface area contributed by atoms with Crippen LogP contribution in [0.2, 0.25) is 0 Å². The number of nitrogens with two attached hydrogens (primary N) is 1. The molecule has 2 aromatic carbocycles. The van der Waals surface area contributed by atoms with E-state index in [1.165, 1.54) is 16.2 Å². The molecule has 1 aromatic heterocycles. The van der Waals surface area contributed by atoms with E-state index in [1.54, 1.807) is 42.5 Å².